The smallest absolute Gasteiger partial charge is 0.261 e. The average Bonchev–Trinajstić information content (AvgIpc) is 2.41. The Morgan fingerprint density at radius 1 is 1.26 bits per heavy atom. The summed E-state index contributed by atoms with van der Waals surface area (Å²) in [6.45, 7) is 6.87. The van der Waals surface area contributed by atoms with E-state index in [2.05, 4.69) is 24.1 Å². The average molecular weight is 259 g/mol. The third kappa shape index (κ3) is 3.64. The van der Waals surface area contributed by atoms with Crippen LogP contribution in [0.4, 0.5) is 0 Å². The van der Waals surface area contributed by atoms with Gasteiger partial charge in [0.2, 0.25) is 0 Å². The monoisotopic (exact) mass is 259 g/mol. The van der Waals surface area contributed by atoms with E-state index in [0.717, 1.165) is 25.0 Å². The molecule has 2 aromatic rings. The molecule has 0 saturated heterocycles. The number of aromatic nitrogens is 2. The third-order valence-electron chi connectivity index (χ3n) is 3.16. The normalized spacial score (nSPS) is 11.3. The molecule has 0 atom stereocenters. The summed E-state index contributed by atoms with van der Waals surface area (Å²) in [5.74, 6) is 0.706. The van der Waals surface area contributed by atoms with Crippen molar-refractivity contribution in [3.05, 3.63) is 40.9 Å². The Morgan fingerprint density at radius 3 is 2.84 bits per heavy atom. The summed E-state index contributed by atoms with van der Waals surface area (Å²) in [6, 6.07) is 7.46. The molecular weight excluding hydrogens is 238 g/mol. The third-order valence-corrected chi connectivity index (χ3v) is 3.16. The maximum atomic E-state index is 12.2. The maximum absolute atomic E-state index is 12.2. The lowest BCUT2D eigenvalue weighted by Gasteiger charge is -2.09. The molecule has 102 valence electrons. The van der Waals surface area contributed by atoms with Crippen LogP contribution in [0.2, 0.25) is 0 Å². The zero-order valence-electron chi connectivity index (χ0n) is 11.6. The van der Waals surface area contributed by atoms with Crippen LogP contribution >= 0.6 is 0 Å². The van der Waals surface area contributed by atoms with Gasteiger partial charge < -0.3 is 5.32 Å². The first-order valence-electron chi connectivity index (χ1n) is 6.83. The molecule has 0 bridgehead atoms. The van der Waals surface area contributed by atoms with Gasteiger partial charge in [-0.3, -0.25) is 9.36 Å². The molecule has 4 heteroatoms. The van der Waals surface area contributed by atoms with Gasteiger partial charge in [0.05, 0.1) is 17.2 Å². The van der Waals surface area contributed by atoms with E-state index in [-0.39, 0.29) is 5.56 Å². The second-order valence-electron chi connectivity index (χ2n) is 5.19. The van der Waals surface area contributed by atoms with Gasteiger partial charge in [0, 0.05) is 13.1 Å². The van der Waals surface area contributed by atoms with E-state index in [9.17, 15) is 4.79 Å². The Kier molecular flexibility index (Phi) is 4.68. The number of benzene rings is 1. The minimum Gasteiger partial charge on any atom is -0.315 e. The van der Waals surface area contributed by atoms with Gasteiger partial charge >= 0.3 is 0 Å². The van der Waals surface area contributed by atoms with Crippen LogP contribution < -0.4 is 10.9 Å². The van der Waals surface area contributed by atoms with Gasteiger partial charge in [0.25, 0.3) is 5.56 Å². The second kappa shape index (κ2) is 6.48. The Bertz CT molecular complexity index is 589. The molecule has 0 amide bonds. The van der Waals surface area contributed by atoms with Crippen LogP contribution in [0.5, 0.6) is 0 Å². The van der Waals surface area contributed by atoms with Crippen molar-refractivity contribution in [1.82, 2.24) is 14.9 Å². The van der Waals surface area contributed by atoms with Crippen LogP contribution in [-0.2, 0) is 6.54 Å². The lowest BCUT2D eigenvalue weighted by atomic mass is 10.1. The van der Waals surface area contributed by atoms with Crippen molar-refractivity contribution >= 4 is 10.9 Å². The van der Waals surface area contributed by atoms with E-state index in [1.807, 2.05) is 24.3 Å². The number of rotatable bonds is 6. The van der Waals surface area contributed by atoms with Crippen LogP contribution in [0.15, 0.2) is 35.4 Å². The number of hydrogen-bond acceptors (Lipinski definition) is 3. The molecule has 0 radical (unpaired) electrons. The molecule has 0 spiro atoms. The molecule has 0 aliphatic heterocycles. The predicted molar refractivity (Wildman–Crippen MR) is 78.3 cm³/mol. The fourth-order valence-corrected chi connectivity index (χ4v) is 1.98. The van der Waals surface area contributed by atoms with Gasteiger partial charge in [-0.15, -0.1) is 0 Å². The van der Waals surface area contributed by atoms with E-state index >= 15 is 0 Å². The zero-order valence-corrected chi connectivity index (χ0v) is 11.6. The summed E-state index contributed by atoms with van der Waals surface area (Å²) in [6.07, 6.45) is 2.79. The van der Waals surface area contributed by atoms with Crippen molar-refractivity contribution in [2.24, 2.45) is 5.92 Å². The second-order valence-corrected chi connectivity index (χ2v) is 5.19. The van der Waals surface area contributed by atoms with E-state index < -0.39 is 0 Å². The molecular formula is C15H21N3O. The minimum absolute atomic E-state index is 0.0382. The SMILES string of the molecule is CC(C)CCNCCn1cnc2ccccc2c1=O. The summed E-state index contributed by atoms with van der Waals surface area (Å²) in [4.78, 5) is 16.5. The number of fused-ring (bicyclic) bond motifs is 1. The summed E-state index contributed by atoms with van der Waals surface area (Å²) in [5.41, 5.74) is 0.799. The summed E-state index contributed by atoms with van der Waals surface area (Å²) < 4.78 is 1.67. The fraction of sp³-hybridized carbons (Fsp3) is 0.467. The van der Waals surface area contributed by atoms with Crippen LogP contribution in [0.1, 0.15) is 20.3 Å². The molecule has 0 saturated carbocycles. The Hall–Kier alpha value is -1.68. The van der Waals surface area contributed by atoms with Gasteiger partial charge in [0.15, 0.2) is 0 Å². The number of nitrogens with one attached hydrogen (secondary N) is 1. The van der Waals surface area contributed by atoms with Gasteiger partial charge in [-0.25, -0.2) is 4.98 Å². The van der Waals surface area contributed by atoms with Gasteiger partial charge in [-0.1, -0.05) is 26.0 Å². The van der Waals surface area contributed by atoms with Gasteiger partial charge in [-0.05, 0) is 31.0 Å². The molecule has 1 aromatic carbocycles. The first-order chi connectivity index (χ1) is 9.18. The topological polar surface area (TPSA) is 46.9 Å². The summed E-state index contributed by atoms with van der Waals surface area (Å²) in [7, 11) is 0. The highest BCUT2D eigenvalue weighted by Crippen LogP contribution is 2.04. The van der Waals surface area contributed by atoms with E-state index in [1.165, 1.54) is 0 Å². The van der Waals surface area contributed by atoms with Crippen molar-refractivity contribution in [3.63, 3.8) is 0 Å². The fourth-order valence-electron chi connectivity index (χ4n) is 1.98. The highest BCUT2D eigenvalue weighted by molar-refractivity contribution is 5.76. The summed E-state index contributed by atoms with van der Waals surface area (Å²) >= 11 is 0. The first kappa shape index (κ1) is 13.7. The van der Waals surface area contributed by atoms with Crippen molar-refractivity contribution < 1.29 is 0 Å². The maximum Gasteiger partial charge on any atom is 0.261 e. The Balaban J connectivity index is 1.98. The molecule has 2 rings (SSSR count). The van der Waals surface area contributed by atoms with E-state index in [4.69, 9.17) is 0 Å². The number of nitrogens with zero attached hydrogens (tertiary/aromatic N) is 2. The molecule has 1 N–H and O–H groups in total. The molecule has 0 fully saturated rings. The lowest BCUT2D eigenvalue weighted by Crippen LogP contribution is -2.28. The molecule has 4 nitrogen and oxygen atoms in total. The molecule has 0 aliphatic carbocycles. The largest absolute Gasteiger partial charge is 0.315 e. The zero-order chi connectivity index (χ0) is 13.7. The summed E-state index contributed by atoms with van der Waals surface area (Å²) in [5, 5.41) is 4.04. The Labute approximate surface area is 113 Å². The lowest BCUT2D eigenvalue weighted by molar-refractivity contribution is 0.515. The number of para-hydroxylation sites is 1. The van der Waals surface area contributed by atoms with E-state index in [1.54, 1.807) is 10.9 Å². The van der Waals surface area contributed by atoms with Crippen molar-refractivity contribution in [2.45, 2.75) is 26.8 Å². The van der Waals surface area contributed by atoms with Crippen LogP contribution in [0.3, 0.4) is 0 Å². The quantitative estimate of drug-likeness (QED) is 0.807. The molecule has 19 heavy (non-hydrogen) atoms. The minimum atomic E-state index is 0.0382. The number of hydrogen-bond donors (Lipinski definition) is 1. The first-order valence-corrected chi connectivity index (χ1v) is 6.83. The Morgan fingerprint density at radius 2 is 2.05 bits per heavy atom. The van der Waals surface area contributed by atoms with Crippen molar-refractivity contribution in [1.29, 1.82) is 0 Å². The van der Waals surface area contributed by atoms with Gasteiger partial charge in [0.1, 0.15) is 0 Å². The molecule has 0 aliphatic rings. The van der Waals surface area contributed by atoms with Crippen LogP contribution in [-0.4, -0.2) is 22.6 Å². The van der Waals surface area contributed by atoms with Crippen molar-refractivity contribution in [3.8, 4) is 0 Å². The predicted octanol–water partition coefficient (Wildman–Crippen LogP) is 2.03. The molecule has 1 aromatic heterocycles. The van der Waals surface area contributed by atoms with E-state index in [0.29, 0.717) is 17.8 Å². The van der Waals surface area contributed by atoms with Gasteiger partial charge in [-0.2, -0.15) is 0 Å². The highest BCUT2D eigenvalue weighted by Gasteiger charge is 2.02. The molecule has 1 heterocycles. The highest BCUT2D eigenvalue weighted by atomic mass is 16.1. The van der Waals surface area contributed by atoms with Crippen LogP contribution in [0.25, 0.3) is 10.9 Å². The van der Waals surface area contributed by atoms with Crippen molar-refractivity contribution in [2.75, 3.05) is 13.1 Å². The standard InChI is InChI=1S/C15H21N3O/c1-12(2)7-8-16-9-10-18-11-17-14-6-4-3-5-13(14)15(18)19/h3-6,11-12,16H,7-10H2,1-2H3. The van der Waals surface area contributed by atoms with Crippen LogP contribution in [0, 0.1) is 5.92 Å². The molecule has 0 unspecified atom stereocenters.